The number of hydrogen-bond acceptors (Lipinski definition) is 5. The first kappa shape index (κ1) is 12.3. The number of amides is 2. The minimum Gasteiger partial charge on any atom is -0.441 e. The lowest BCUT2D eigenvalue weighted by Gasteiger charge is -2.19. The van der Waals surface area contributed by atoms with E-state index in [-0.39, 0.29) is 12.5 Å². The van der Waals surface area contributed by atoms with Crippen LogP contribution in [0.4, 0.5) is 16.2 Å². The zero-order chi connectivity index (χ0) is 13.4. The SMILES string of the molecule is O=C1CSc2ccc(N3CC(CO)OC3=O)cc2N1. The number of fused-ring (bicyclic) bond motifs is 1. The van der Waals surface area contributed by atoms with Crippen molar-refractivity contribution in [3.05, 3.63) is 18.2 Å². The number of nitrogens with zero attached hydrogens (tertiary/aromatic N) is 1. The number of aliphatic hydroxyl groups excluding tert-OH is 1. The van der Waals surface area contributed by atoms with Gasteiger partial charge in [-0.2, -0.15) is 0 Å². The Hall–Kier alpha value is -1.73. The number of cyclic esters (lactones) is 1. The summed E-state index contributed by atoms with van der Waals surface area (Å²) in [5.41, 5.74) is 1.36. The molecule has 100 valence electrons. The molecule has 2 amide bonds. The first-order chi connectivity index (χ1) is 9.17. The molecule has 0 aliphatic carbocycles. The number of nitrogens with one attached hydrogen (secondary N) is 1. The van der Waals surface area contributed by atoms with Crippen molar-refractivity contribution in [2.75, 3.05) is 29.1 Å². The predicted molar refractivity (Wildman–Crippen MR) is 70.5 cm³/mol. The molecule has 0 aromatic heterocycles. The molecular weight excluding hydrogens is 268 g/mol. The van der Waals surface area contributed by atoms with E-state index >= 15 is 0 Å². The van der Waals surface area contributed by atoms with Gasteiger partial charge in [-0.05, 0) is 18.2 Å². The van der Waals surface area contributed by atoms with Gasteiger partial charge in [0.25, 0.3) is 0 Å². The number of carbonyl (C=O) groups is 2. The van der Waals surface area contributed by atoms with Crippen molar-refractivity contribution in [3.63, 3.8) is 0 Å². The van der Waals surface area contributed by atoms with Crippen LogP contribution in [-0.4, -0.2) is 42.1 Å². The van der Waals surface area contributed by atoms with Gasteiger partial charge in [0.1, 0.15) is 6.10 Å². The minimum atomic E-state index is -0.493. The Morgan fingerprint density at radius 2 is 2.32 bits per heavy atom. The van der Waals surface area contributed by atoms with Crippen molar-refractivity contribution >= 4 is 35.1 Å². The summed E-state index contributed by atoms with van der Waals surface area (Å²) >= 11 is 1.47. The molecule has 1 atom stereocenters. The number of ether oxygens (including phenoxy) is 1. The summed E-state index contributed by atoms with van der Waals surface area (Å²) in [5.74, 6) is 0.358. The normalized spacial score (nSPS) is 21.9. The lowest BCUT2D eigenvalue weighted by atomic mass is 10.2. The van der Waals surface area contributed by atoms with Gasteiger partial charge in [-0.1, -0.05) is 0 Å². The molecule has 0 saturated carbocycles. The van der Waals surface area contributed by atoms with Gasteiger partial charge in [-0.25, -0.2) is 4.79 Å². The quantitative estimate of drug-likeness (QED) is 0.846. The van der Waals surface area contributed by atoms with E-state index < -0.39 is 12.2 Å². The van der Waals surface area contributed by atoms with Crippen molar-refractivity contribution < 1.29 is 19.4 Å². The third kappa shape index (κ3) is 2.26. The molecule has 1 unspecified atom stereocenters. The Labute approximate surface area is 113 Å². The summed E-state index contributed by atoms with van der Waals surface area (Å²) in [7, 11) is 0. The van der Waals surface area contributed by atoms with Crippen LogP contribution in [0.5, 0.6) is 0 Å². The number of anilines is 2. The van der Waals surface area contributed by atoms with Gasteiger partial charge in [0.2, 0.25) is 5.91 Å². The number of carbonyl (C=O) groups excluding carboxylic acids is 2. The molecule has 0 spiro atoms. The molecule has 1 aromatic carbocycles. The third-order valence-electron chi connectivity index (χ3n) is 2.99. The lowest BCUT2D eigenvalue weighted by molar-refractivity contribution is -0.113. The maximum Gasteiger partial charge on any atom is 0.414 e. The van der Waals surface area contributed by atoms with Crippen molar-refractivity contribution in [2.45, 2.75) is 11.0 Å². The maximum atomic E-state index is 11.7. The molecule has 2 N–H and O–H groups in total. The fraction of sp³-hybridized carbons (Fsp3) is 0.333. The second kappa shape index (κ2) is 4.75. The van der Waals surface area contributed by atoms with E-state index in [0.29, 0.717) is 23.7 Å². The molecule has 2 heterocycles. The second-order valence-corrected chi connectivity index (χ2v) is 5.33. The average molecular weight is 280 g/mol. The molecule has 0 bridgehead atoms. The molecule has 6 nitrogen and oxygen atoms in total. The van der Waals surface area contributed by atoms with Crippen LogP contribution in [0.1, 0.15) is 0 Å². The Kier molecular flexibility index (Phi) is 3.08. The molecule has 1 aromatic rings. The average Bonchev–Trinajstić information content (AvgIpc) is 2.79. The van der Waals surface area contributed by atoms with Crippen LogP contribution in [0.2, 0.25) is 0 Å². The highest BCUT2D eigenvalue weighted by Gasteiger charge is 2.32. The first-order valence-corrected chi connectivity index (χ1v) is 6.81. The Morgan fingerprint density at radius 1 is 1.47 bits per heavy atom. The van der Waals surface area contributed by atoms with E-state index in [1.807, 2.05) is 12.1 Å². The van der Waals surface area contributed by atoms with E-state index in [4.69, 9.17) is 9.84 Å². The molecule has 3 rings (SSSR count). The van der Waals surface area contributed by atoms with Crippen LogP contribution in [0, 0.1) is 0 Å². The zero-order valence-electron chi connectivity index (χ0n) is 9.96. The number of rotatable bonds is 2. The summed E-state index contributed by atoms with van der Waals surface area (Å²) in [4.78, 5) is 25.5. The Bertz CT molecular complexity index is 549. The number of benzene rings is 1. The second-order valence-electron chi connectivity index (χ2n) is 4.32. The van der Waals surface area contributed by atoms with Crippen molar-refractivity contribution in [3.8, 4) is 0 Å². The molecular formula is C12H12N2O4S. The maximum absolute atomic E-state index is 11.7. The summed E-state index contributed by atoms with van der Waals surface area (Å²) < 4.78 is 4.99. The zero-order valence-corrected chi connectivity index (χ0v) is 10.8. The molecule has 7 heteroatoms. The van der Waals surface area contributed by atoms with E-state index in [1.165, 1.54) is 16.7 Å². The van der Waals surface area contributed by atoms with Gasteiger partial charge in [0.15, 0.2) is 0 Å². The fourth-order valence-electron chi connectivity index (χ4n) is 2.07. The monoisotopic (exact) mass is 280 g/mol. The molecule has 0 radical (unpaired) electrons. The number of aliphatic hydroxyl groups is 1. The van der Waals surface area contributed by atoms with Crippen LogP contribution < -0.4 is 10.2 Å². The lowest BCUT2D eigenvalue weighted by Crippen LogP contribution is -2.26. The Morgan fingerprint density at radius 3 is 3.05 bits per heavy atom. The Balaban J connectivity index is 1.88. The topological polar surface area (TPSA) is 78.9 Å². The van der Waals surface area contributed by atoms with E-state index in [2.05, 4.69) is 5.32 Å². The molecule has 1 saturated heterocycles. The van der Waals surface area contributed by atoms with Crippen LogP contribution in [0.25, 0.3) is 0 Å². The third-order valence-corrected chi connectivity index (χ3v) is 4.06. The highest BCUT2D eigenvalue weighted by atomic mass is 32.2. The molecule has 1 fully saturated rings. The summed E-state index contributed by atoms with van der Waals surface area (Å²) in [5, 5.41) is 11.8. The first-order valence-electron chi connectivity index (χ1n) is 5.83. The van der Waals surface area contributed by atoms with E-state index in [0.717, 1.165) is 4.90 Å². The fourth-order valence-corrected chi connectivity index (χ4v) is 2.85. The van der Waals surface area contributed by atoms with Crippen LogP contribution in [0.3, 0.4) is 0 Å². The van der Waals surface area contributed by atoms with Crippen molar-refractivity contribution in [2.24, 2.45) is 0 Å². The van der Waals surface area contributed by atoms with Crippen molar-refractivity contribution in [1.82, 2.24) is 0 Å². The van der Waals surface area contributed by atoms with E-state index in [1.54, 1.807) is 6.07 Å². The van der Waals surface area contributed by atoms with Gasteiger partial charge in [-0.15, -0.1) is 11.8 Å². The molecule has 19 heavy (non-hydrogen) atoms. The minimum absolute atomic E-state index is 0.0492. The smallest absolute Gasteiger partial charge is 0.414 e. The molecule has 2 aliphatic heterocycles. The van der Waals surface area contributed by atoms with Gasteiger partial charge in [0, 0.05) is 10.6 Å². The summed E-state index contributed by atoms with van der Waals surface area (Å²) in [6, 6.07) is 5.43. The largest absolute Gasteiger partial charge is 0.441 e. The van der Waals surface area contributed by atoms with E-state index in [9.17, 15) is 9.59 Å². The summed E-state index contributed by atoms with van der Waals surface area (Å²) in [6.07, 6.45) is -0.971. The van der Waals surface area contributed by atoms with Gasteiger partial charge in [0.05, 0.1) is 24.6 Å². The van der Waals surface area contributed by atoms with Crippen LogP contribution >= 0.6 is 11.8 Å². The number of hydrogen-bond donors (Lipinski definition) is 2. The van der Waals surface area contributed by atoms with Gasteiger partial charge < -0.3 is 15.2 Å². The van der Waals surface area contributed by atoms with Crippen LogP contribution in [-0.2, 0) is 9.53 Å². The number of thioether (sulfide) groups is 1. The molecule has 2 aliphatic rings. The van der Waals surface area contributed by atoms with Gasteiger partial charge >= 0.3 is 6.09 Å². The highest BCUT2D eigenvalue weighted by Crippen LogP contribution is 2.35. The van der Waals surface area contributed by atoms with Gasteiger partial charge in [-0.3, -0.25) is 9.69 Å². The van der Waals surface area contributed by atoms with Crippen LogP contribution in [0.15, 0.2) is 23.1 Å². The van der Waals surface area contributed by atoms with Crippen molar-refractivity contribution in [1.29, 1.82) is 0 Å². The summed E-state index contributed by atoms with van der Waals surface area (Å²) in [6.45, 7) is 0.120. The predicted octanol–water partition coefficient (Wildman–Crippen LogP) is 1.05. The highest BCUT2D eigenvalue weighted by molar-refractivity contribution is 8.00. The standard InChI is InChI=1S/C12H12N2O4S/c15-5-8-4-14(12(17)18-8)7-1-2-10-9(3-7)13-11(16)6-19-10/h1-3,8,15H,4-6H2,(H,13,16).